The summed E-state index contributed by atoms with van der Waals surface area (Å²) in [5, 5.41) is 8.61. The normalized spacial score (nSPS) is 11.4. The van der Waals surface area contributed by atoms with Crippen molar-refractivity contribution in [1.29, 1.82) is 0 Å². The van der Waals surface area contributed by atoms with Crippen LogP contribution in [0.15, 0.2) is 24.3 Å². The smallest absolute Gasteiger partial charge is 0.328 e. The topological polar surface area (TPSA) is 49.8 Å². The van der Waals surface area contributed by atoms with Crippen LogP contribution in [0, 0.1) is 5.82 Å². The number of carbonyl (C=O) groups is 1. The number of carboxylic acids is 1. The van der Waals surface area contributed by atoms with Crippen LogP contribution in [0.5, 0.6) is 0 Å². The first-order valence-electron chi connectivity index (χ1n) is 7.05. The molecule has 0 aliphatic rings. The lowest BCUT2D eigenvalue weighted by Crippen LogP contribution is -2.27. The van der Waals surface area contributed by atoms with Gasteiger partial charge in [-0.05, 0) is 42.8 Å². The molecule has 4 nitrogen and oxygen atoms in total. The Balaban J connectivity index is 2.74. The summed E-state index contributed by atoms with van der Waals surface area (Å²) < 4.78 is 18.9. The summed E-state index contributed by atoms with van der Waals surface area (Å²) >= 11 is 0. The Morgan fingerprint density at radius 1 is 1.38 bits per heavy atom. The van der Waals surface area contributed by atoms with Crippen LogP contribution in [0.4, 0.5) is 4.39 Å². The van der Waals surface area contributed by atoms with Crippen molar-refractivity contribution in [2.45, 2.75) is 20.4 Å². The Kier molecular flexibility index (Phi) is 7.64. The number of likely N-dealkylation sites (N-methyl/N-ethyl adjacent to an activating group) is 1. The minimum absolute atomic E-state index is 0.363. The van der Waals surface area contributed by atoms with Gasteiger partial charge in [-0.3, -0.25) is 4.90 Å². The number of nitrogens with zero attached hydrogens (tertiary/aromatic N) is 1. The Labute approximate surface area is 124 Å². The number of halogens is 1. The van der Waals surface area contributed by atoms with Crippen molar-refractivity contribution in [3.05, 3.63) is 41.2 Å². The van der Waals surface area contributed by atoms with Gasteiger partial charge in [-0.2, -0.15) is 0 Å². The van der Waals surface area contributed by atoms with Crippen molar-refractivity contribution in [3.63, 3.8) is 0 Å². The molecule has 1 aromatic carbocycles. The van der Waals surface area contributed by atoms with Crippen LogP contribution in [0.1, 0.15) is 25.0 Å². The van der Waals surface area contributed by atoms with E-state index in [0.29, 0.717) is 25.3 Å². The van der Waals surface area contributed by atoms with Gasteiger partial charge in [0.15, 0.2) is 0 Å². The molecule has 0 atom stereocenters. The first-order chi connectivity index (χ1) is 10.0. The van der Waals surface area contributed by atoms with Crippen molar-refractivity contribution < 1.29 is 19.0 Å². The Morgan fingerprint density at radius 2 is 2.14 bits per heavy atom. The lowest BCUT2D eigenvalue weighted by Gasteiger charge is -2.20. The van der Waals surface area contributed by atoms with E-state index in [1.807, 2.05) is 13.8 Å². The van der Waals surface area contributed by atoms with Gasteiger partial charge in [0.2, 0.25) is 0 Å². The van der Waals surface area contributed by atoms with Gasteiger partial charge < -0.3 is 9.84 Å². The van der Waals surface area contributed by atoms with Crippen molar-refractivity contribution >= 4 is 12.0 Å². The number of ether oxygens (including phenoxy) is 1. The molecule has 0 aliphatic carbocycles. The van der Waals surface area contributed by atoms with Crippen molar-refractivity contribution in [1.82, 2.24) is 4.90 Å². The van der Waals surface area contributed by atoms with Crippen LogP contribution in [-0.4, -0.2) is 42.3 Å². The highest BCUT2D eigenvalue weighted by molar-refractivity contribution is 5.85. The molecule has 1 aromatic rings. The minimum Gasteiger partial charge on any atom is -0.478 e. The molecule has 0 spiro atoms. The molecular weight excluding hydrogens is 273 g/mol. The molecule has 0 unspecified atom stereocenters. The van der Waals surface area contributed by atoms with E-state index in [1.54, 1.807) is 6.07 Å². The molecule has 0 saturated carbocycles. The molecule has 1 N–H and O–H groups in total. The lowest BCUT2D eigenvalue weighted by molar-refractivity contribution is -0.131. The molecule has 116 valence electrons. The third-order valence-electron chi connectivity index (χ3n) is 3.01. The summed E-state index contributed by atoms with van der Waals surface area (Å²) in [6.45, 7) is 7.54. The lowest BCUT2D eigenvalue weighted by atomic mass is 10.1. The van der Waals surface area contributed by atoms with E-state index in [4.69, 9.17) is 9.84 Å². The highest BCUT2D eigenvalue weighted by Crippen LogP contribution is 2.13. The van der Waals surface area contributed by atoms with Gasteiger partial charge in [-0.25, -0.2) is 9.18 Å². The molecule has 1 rings (SSSR count). The number of aliphatic carboxylic acids is 1. The Bertz CT molecular complexity index is 488. The Morgan fingerprint density at radius 3 is 2.76 bits per heavy atom. The maximum atomic E-state index is 13.6. The van der Waals surface area contributed by atoms with Crippen molar-refractivity contribution in [3.8, 4) is 0 Å². The maximum Gasteiger partial charge on any atom is 0.328 e. The molecule has 0 saturated heterocycles. The number of carboxylic acid groups (broad SMARTS) is 1. The summed E-state index contributed by atoms with van der Waals surface area (Å²) in [5.74, 6) is -1.41. The summed E-state index contributed by atoms with van der Waals surface area (Å²) in [5.41, 5.74) is 1.37. The number of benzene rings is 1. The minimum atomic E-state index is -1.05. The summed E-state index contributed by atoms with van der Waals surface area (Å²) in [4.78, 5) is 12.7. The fourth-order valence-corrected chi connectivity index (χ4v) is 1.98. The summed E-state index contributed by atoms with van der Waals surface area (Å²) in [6.07, 6.45) is 2.40. The fraction of sp³-hybridized carbons (Fsp3) is 0.438. The molecule has 21 heavy (non-hydrogen) atoms. The van der Waals surface area contributed by atoms with Crippen LogP contribution in [-0.2, 0) is 16.1 Å². The first-order valence-corrected chi connectivity index (χ1v) is 7.05. The van der Waals surface area contributed by atoms with Crippen molar-refractivity contribution in [2.75, 3.05) is 26.3 Å². The second-order valence-corrected chi connectivity index (χ2v) is 4.63. The van der Waals surface area contributed by atoms with Gasteiger partial charge in [0, 0.05) is 25.8 Å². The number of rotatable bonds is 9. The second kappa shape index (κ2) is 9.26. The average molecular weight is 295 g/mol. The predicted octanol–water partition coefficient (Wildman–Crippen LogP) is 2.78. The van der Waals surface area contributed by atoms with E-state index in [2.05, 4.69) is 4.90 Å². The molecule has 0 aliphatic heterocycles. The summed E-state index contributed by atoms with van der Waals surface area (Å²) in [7, 11) is 0. The highest BCUT2D eigenvalue weighted by atomic mass is 19.1. The molecule has 0 fully saturated rings. The molecule has 0 bridgehead atoms. The van der Waals surface area contributed by atoms with Crippen LogP contribution in [0.3, 0.4) is 0 Å². The highest BCUT2D eigenvalue weighted by Gasteiger charge is 2.06. The monoisotopic (exact) mass is 295 g/mol. The SMILES string of the molecule is CCOCCN(CC)Cc1cc(F)cc(C=CC(=O)O)c1. The van der Waals surface area contributed by atoms with Gasteiger partial charge in [0.05, 0.1) is 6.61 Å². The summed E-state index contributed by atoms with van der Waals surface area (Å²) in [6, 6.07) is 4.59. The molecule has 0 amide bonds. The van der Waals surface area contributed by atoms with E-state index in [-0.39, 0.29) is 5.82 Å². The molecular formula is C16H22FNO3. The van der Waals surface area contributed by atoms with Crippen LogP contribution < -0.4 is 0 Å². The Hall–Kier alpha value is -1.72. The zero-order chi connectivity index (χ0) is 15.7. The second-order valence-electron chi connectivity index (χ2n) is 4.63. The van der Waals surface area contributed by atoms with E-state index in [0.717, 1.165) is 24.7 Å². The third kappa shape index (κ3) is 7.02. The van der Waals surface area contributed by atoms with Crippen LogP contribution >= 0.6 is 0 Å². The molecule has 5 heteroatoms. The van der Waals surface area contributed by atoms with Crippen LogP contribution in [0.2, 0.25) is 0 Å². The average Bonchev–Trinajstić information content (AvgIpc) is 2.43. The third-order valence-corrected chi connectivity index (χ3v) is 3.01. The fourth-order valence-electron chi connectivity index (χ4n) is 1.98. The number of hydrogen-bond donors (Lipinski definition) is 1. The van der Waals surface area contributed by atoms with Gasteiger partial charge in [-0.1, -0.05) is 13.0 Å². The van der Waals surface area contributed by atoms with E-state index in [1.165, 1.54) is 18.2 Å². The van der Waals surface area contributed by atoms with Crippen LogP contribution in [0.25, 0.3) is 6.08 Å². The molecule has 0 radical (unpaired) electrons. The molecule has 0 heterocycles. The number of hydrogen-bond acceptors (Lipinski definition) is 3. The predicted molar refractivity (Wildman–Crippen MR) is 80.5 cm³/mol. The quantitative estimate of drug-likeness (QED) is 0.562. The maximum absolute atomic E-state index is 13.6. The zero-order valence-corrected chi connectivity index (χ0v) is 12.5. The standard InChI is InChI=1S/C16H22FNO3/c1-3-18(7-8-21-4-2)12-14-9-13(5-6-16(19)20)10-15(17)11-14/h5-6,9-11H,3-4,7-8,12H2,1-2H3,(H,19,20). The largest absolute Gasteiger partial charge is 0.478 e. The van der Waals surface area contributed by atoms with Gasteiger partial charge in [0.25, 0.3) is 0 Å². The van der Waals surface area contributed by atoms with E-state index >= 15 is 0 Å². The zero-order valence-electron chi connectivity index (χ0n) is 12.5. The van der Waals surface area contributed by atoms with Gasteiger partial charge in [-0.15, -0.1) is 0 Å². The first kappa shape index (κ1) is 17.3. The van der Waals surface area contributed by atoms with E-state index in [9.17, 15) is 9.18 Å². The van der Waals surface area contributed by atoms with Crippen molar-refractivity contribution in [2.24, 2.45) is 0 Å². The van der Waals surface area contributed by atoms with E-state index < -0.39 is 5.97 Å². The van der Waals surface area contributed by atoms with Gasteiger partial charge >= 0.3 is 5.97 Å². The van der Waals surface area contributed by atoms with Gasteiger partial charge in [0.1, 0.15) is 5.82 Å². The molecule has 0 aromatic heterocycles.